The summed E-state index contributed by atoms with van der Waals surface area (Å²) in [5.74, 6) is 0.0376. The quantitative estimate of drug-likeness (QED) is 0.705. The monoisotopic (exact) mass is 365 g/mol. The number of hydrogen-bond donors (Lipinski definition) is 1. The molecule has 0 spiro atoms. The smallest absolute Gasteiger partial charge is 0.314 e. The van der Waals surface area contributed by atoms with Crippen LogP contribution in [-0.4, -0.2) is 30.2 Å². The molecule has 27 heavy (non-hydrogen) atoms. The summed E-state index contributed by atoms with van der Waals surface area (Å²) in [5, 5.41) is 2.66. The highest BCUT2D eigenvalue weighted by atomic mass is 16.5. The minimum atomic E-state index is -0.0174. The Morgan fingerprint density at radius 1 is 1.15 bits per heavy atom. The summed E-state index contributed by atoms with van der Waals surface area (Å²) in [6.07, 6.45) is 2.06. The molecule has 4 rings (SSSR count). The zero-order valence-corrected chi connectivity index (χ0v) is 16.3. The van der Waals surface area contributed by atoms with Crippen molar-refractivity contribution in [2.75, 3.05) is 19.7 Å². The van der Waals surface area contributed by atoms with Crippen molar-refractivity contribution in [3.05, 3.63) is 48.0 Å². The number of esters is 1. The summed E-state index contributed by atoms with van der Waals surface area (Å²) < 4.78 is 7.63. The van der Waals surface area contributed by atoms with Gasteiger partial charge in [0.1, 0.15) is 12.5 Å². The van der Waals surface area contributed by atoms with E-state index in [0.29, 0.717) is 6.61 Å². The maximum atomic E-state index is 12.1. The third-order valence-electron chi connectivity index (χ3n) is 5.85. The molecule has 1 unspecified atom stereocenters. The number of aryl methyl sites for hydroxylation is 1. The van der Waals surface area contributed by atoms with Crippen molar-refractivity contribution in [1.29, 1.82) is 0 Å². The largest absolute Gasteiger partial charge is 0.466 e. The lowest BCUT2D eigenvalue weighted by molar-refractivity contribution is -0.921. The van der Waals surface area contributed by atoms with Crippen molar-refractivity contribution in [2.45, 2.75) is 39.8 Å². The van der Waals surface area contributed by atoms with Gasteiger partial charge in [-0.25, -0.2) is 0 Å². The van der Waals surface area contributed by atoms with E-state index in [2.05, 4.69) is 54.0 Å². The Kier molecular flexibility index (Phi) is 5.17. The fourth-order valence-electron chi connectivity index (χ4n) is 4.61. The minimum absolute atomic E-state index is 0.0174. The first kappa shape index (κ1) is 18.1. The van der Waals surface area contributed by atoms with Gasteiger partial charge in [0.05, 0.1) is 19.7 Å². The first-order valence-electron chi connectivity index (χ1n) is 10.2. The lowest BCUT2D eigenvalue weighted by atomic mass is 9.97. The molecule has 1 aromatic heterocycles. The number of benzene rings is 2. The number of para-hydroxylation sites is 1. The van der Waals surface area contributed by atoms with E-state index in [0.717, 1.165) is 39.0 Å². The van der Waals surface area contributed by atoms with E-state index in [4.69, 9.17) is 4.74 Å². The number of piperidine rings is 1. The van der Waals surface area contributed by atoms with Crippen LogP contribution in [0.5, 0.6) is 0 Å². The molecule has 0 saturated carbocycles. The zero-order valence-electron chi connectivity index (χ0n) is 16.3. The molecule has 4 heteroatoms. The summed E-state index contributed by atoms with van der Waals surface area (Å²) in [6, 6.07) is 15.5. The van der Waals surface area contributed by atoms with Crippen LogP contribution in [0.15, 0.2) is 42.5 Å². The highest BCUT2D eigenvalue weighted by molar-refractivity contribution is 6.08. The van der Waals surface area contributed by atoms with Crippen molar-refractivity contribution in [1.82, 2.24) is 4.57 Å². The molecule has 0 bridgehead atoms. The number of fused-ring (bicyclic) bond motifs is 3. The molecular formula is C23H29N2O2+. The normalized spacial score (nSPS) is 20.2. The number of quaternary nitrogens is 1. The van der Waals surface area contributed by atoms with E-state index in [1.165, 1.54) is 32.3 Å². The number of ether oxygens (including phenoxy) is 1. The number of nitrogens with zero attached hydrogens (tertiary/aromatic N) is 1. The Morgan fingerprint density at radius 3 is 2.78 bits per heavy atom. The van der Waals surface area contributed by atoms with Crippen molar-refractivity contribution in [3.8, 4) is 0 Å². The Bertz CT molecular complexity index is 960. The van der Waals surface area contributed by atoms with Crippen molar-refractivity contribution in [3.63, 3.8) is 0 Å². The van der Waals surface area contributed by atoms with Crippen LogP contribution in [0.4, 0.5) is 0 Å². The lowest BCUT2D eigenvalue weighted by Crippen LogP contribution is -3.12. The van der Waals surface area contributed by atoms with Crippen molar-refractivity contribution < 1.29 is 14.4 Å². The maximum absolute atomic E-state index is 12.1. The Labute approximate surface area is 160 Å². The topological polar surface area (TPSA) is 35.7 Å². The van der Waals surface area contributed by atoms with Crippen LogP contribution in [-0.2, 0) is 22.6 Å². The van der Waals surface area contributed by atoms with Gasteiger partial charge in [0.15, 0.2) is 0 Å². The predicted molar refractivity (Wildman–Crippen MR) is 109 cm³/mol. The van der Waals surface area contributed by atoms with Gasteiger partial charge in [0, 0.05) is 33.9 Å². The van der Waals surface area contributed by atoms with Gasteiger partial charge >= 0.3 is 5.97 Å². The second-order valence-electron chi connectivity index (χ2n) is 7.59. The molecule has 0 aliphatic carbocycles. The molecule has 0 amide bonds. The summed E-state index contributed by atoms with van der Waals surface area (Å²) >= 11 is 0. The summed E-state index contributed by atoms with van der Waals surface area (Å²) in [7, 11) is 0. The number of likely N-dealkylation sites (tertiary alicyclic amines) is 1. The Balaban J connectivity index is 1.59. The molecule has 1 N–H and O–H groups in total. The lowest BCUT2D eigenvalue weighted by Gasteiger charge is -2.28. The van der Waals surface area contributed by atoms with Gasteiger partial charge in [-0.3, -0.25) is 4.79 Å². The molecule has 4 nitrogen and oxygen atoms in total. The molecule has 1 fully saturated rings. The van der Waals surface area contributed by atoms with E-state index in [9.17, 15) is 4.79 Å². The van der Waals surface area contributed by atoms with Gasteiger partial charge in [0.25, 0.3) is 0 Å². The fraction of sp³-hybridized carbons (Fsp3) is 0.435. The molecular weight excluding hydrogens is 336 g/mol. The van der Waals surface area contributed by atoms with Gasteiger partial charge in [0.2, 0.25) is 0 Å². The summed E-state index contributed by atoms with van der Waals surface area (Å²) in [6.45, 7) is 8.51. The first-order chi connectivity index (χ1) is 13.2. The number of aromatic nitrogens is 1. The SMILES string of the molecule is CCOC(=O)[C@@H]1CCC[NH+](Cc2ccc3c(c2)c2ccccc2n3CC)C1. The molecule has 3 aromatic rings. The highest BCUT2D eigenvalue weighted by Gasteiger charge is 2.29. The zero-order chi connectivity index (χ0) is 18.8. The number of nitrogens with one attached hydrogen (secondary N) is 1. The summed E-state index contributed by atoms with van der Waals surface area (Å²) in [5.41, 5.74) is 3.96. The summed E-state index contributed by atoms with van der Waals surface area (Å²) in [4.78, 5) is 13.6. The third kappa shape index (κ3) is 3.46. The molecule has 2 atom stereocenters. The maximum Gasteiger partial charge on any atom is 0.314 e. The van der Waals surface area contributed by atoms with E-state index >= 15 is 0 Å². The van der Waals surface area contributed by atoms with Crippen LogP contribution in [0.25, 0.3) is 21.8 Å². The van der Waals surface area contributed by atoms with Gasteiger partial charge in [-0.15, -0.1) is 0 Å². The predicted octanol–water partition coefficient (Wildman–Crippen LogP) is 3.17. The number of hydrogen-bond acceptors (Lipinski definition) is 2. The van der Waals surface area contributed by atoms with E-state index in [1.807, 2.05) is 6.92 Å². The molecule has 1 saturated heterocycles. The molecule has 1 aliphatic rings. The van der Waals surface area contributed by atoms with E-state index in [1.54, 1.807) is 0 Å². The molecule has 142 valence electrons. The number of carbonyl (C=O) groups excluding carboxylic acids is 1. The molecule has 0 radical (unpaired) electrons. The minimum Gasteiger partial charge on any atom is -0.466 e. The van der Waals surface area contributed by atoms with Crippen LogP contribution in [0, 0.1) is 5.92 Å². The fourth-order valence-corrected chi connectivity index (χ4v) is 4.61. The number of rotatable bonds is 5. The van der Waals surface area contributed by atoms with Crippen LogP contribution in [0.2, 0.25) is 0 Å². The third-order valence-corrected chi connectivity index (χ3v) is 5.85. The van der Waals surface area contributed by atoms with Crippen LogP contribution < -0.4 is 4.90 Å². The average molecular weight is 365 g/mol. The van der Waals surface area contributed by atoms with Crippen LogP contribution in [0.3, 0.4) is 0 Å². The molecule has 2 aromatic carbocycles. The van der Waals surface area contributed by atoms with E-state index in [-0.39, 0.29) is 11.9 Å². The van der Waals surface area contributed by atoms with Gasteiger partial charge in [-0.1, -0.05) is 24.3 Å². The van der Waals surface area contributed by atoms with Crippen molar-refractivity contribution >= 4 is 27.8 Å². The first-order valence-corrected chi connectivity index (χ1v) is 10.2. The second kappa shape index (κ2) is 7.73. The average Bonchev–Trinajstić information content (AvgIpc) is 3.01. The van der Waals surface area contributed by atoms with Crippen molar-refractivity contribution in [2.24, 2.45) is 5.92 Å². The Hall–Kier alpha value is -2.33. The van der Waals surface area contributed by atoms with E-state index < -0.39 is 0 Å². The van der Waals surface area contributed by atoms with Gasteiger partial charge in [-0.05, 0) is 44.9 Å². The molecule has 1 aliphatic heterocycles. The Morgan fingerprint density at radius 2 is 1.96 bits per heavy atom. The highest BCUT2D eigenvalue weighted by Crippen LogP contribution is 2.29. The van der Waals surface area contributed by atoms with Gasteiger partial charge < -0.3 is 14.2 Å². The van der Waals surface area contributed by atoms with Crippen LogP contribution in [0.1, 0.15) is 32.3 Å². The van der Waals surface area contributed by atoms with Crippen LogP contribution >= 0.6 is 0 Å². The second-order valence-corrected chi connectivity index (χ2v) is 7.59. The van der Waals surface area contributed by atoms with Gasteiger partial charge in [-0.2, -0.15) is 0 Å². The standard InChI is InChI=1S/C23H28N2O2/c1-3-25-21-10-6-5-9-19(21)20-14-17(11-12-22(20)25)15-24-13-7-8-18(16-24)23(26)27-4-2/h5-6,9-12,14,18H,3-4,7-8,13,15-16H2,1-2H3/p+1/t18-/m1/s1. The molecule has 2 heterocycles. The number of carbonyl (C=O) groups is 1.